The predicted molar refractivity (Wildman–Crippen MR) is 349 cm³/mol. The van der Waals surface area contributed by atoms with Crippen LogP contribution < -0.4 is 5.73 Å². The van der Waals surface area contributed by atoms with Gasteiger partial charge >= 0.3 is 11.9 Å². The monoisotopic (exact) mass is 1270 g/mol. The second-order valence-corrected chi connectivity index (χ2v) is 30.6. The summed E-state index contributed by atoms with van der Waals surface area (Å²) in [7, 11) is 1.52. The molecule has 15 nitrogen and oxygen atoms in total. The highest BCUT2D eigenvalue weighted by Crippen LogP contribution is 2.60. The Balaban J connectivity index is 0.000000225. The third-order valence-corrected chi connectivity index (χ3v) is 23.7. The summed E-state index contributed by atoms with van der Waals surface area (Å²) in [5, 5.41) is 61.2. The molecule has 506 valence electrons. The lowest BCUT2D eigenvalue weighted by Crippen LogP contribution is -2.57. The van der Waals surface area contributed by atoms with E-state index in [1.165, 1.54) is 69.6 Å². The molecule has 1 aromatic carbocycles. The molecule has 0 bridgehead atoms. The smallest absolute Gasteiger partial charge is 0.308 e. The second kappa shape index (κ2) is 31.2. The van der Waals surface area contributed by atoms with E-state index < -0.39 is 65.6 Å². The number of hydrogen-bond donors (Lipinski definition) is 7. The van der Waals surface area contributed by atoms with Crippen LogP contribution in [0.1, 0.15) is 223 Å². The summed E-state index contributed by atoms with van der Waals surface area (Å²) >= 11 is 5.72. The number of rotatable bonds is 20. The molecule has 5 saturated heterocycles. The van der Waals surface area contributed by atoms with Gasteiger partial charge in [0.2, 0.25) is 0 Å². The van der Waals surface area contributed by atoms with Crippen LogP contribution in [-0.4, -0.2) is 134 Å². The topological polar surface area (TPSA) is 237 Å². The highest BCUT2D eigenvalue weighted by molar-refractivity contribution is 6.30. The highest BCUT2D eigenvalue weighted by atomic mass is 35.5. The van der Waals surface area contributed by atoms with Gasteiger partial charge in [-0.05, 0) is 174 Å². The molecule has 8 fully saturated rings. The summed E-state index contributed by atoms with van der Waals surface area (Å²) in [6, 6.07) is 7.09. The third-order valence-electron chi connectivity index (χ3n) is 23.4. The fourth-order valence-corrected chi connectivity index (χ4v) is 18.0. The van der Waals surface area contributed by atoms with Crippen molar-refractivity contribution >= 4 is 23.5 Å². The number of benzene rings is 1. The van der Waals surface area contributed by atoms with Crippen molar-refractivity contribution in [2.24, 2.45) is 70.3 Å². The maximum Gasteiger partial charge on any atom is 0.308 e. The molecular weight excluding hydrogens is 1150 g/mol. The Morgan fingerprint density at radius 2 is 1.60 bits per heavy atom. The molecule has 5 heterocycles. The minimum absolute atomic E-state index is 0.0537. The van der Waals surface area contributed by atoms with Crippen molar-refractivity contribution in [1.82, 2.24) is 0 Å². The van der Waals surface area contributed by atoms with E-state index >= 15 is 0 Å². The summed E-state index contributed by atoms with van der Waals surface area (Å²) in [4.78, 5) is 22.4. The Morgan fingerprint density at radius 1 is 0.888 bits per heavy atom. The zero-order valence-electron chi connectivity index (χ0n) is 56.6. The predicted octanol–water partition coefficient (Wildman–Crippen LogP) is 13.7. The molecule has 1 aromatic rings. The third kappa shape index (κ3) is 17.0. The van der Waals surface area contributed by atoms with Gasteiger partial charge in [0.25, 0.3) is 0 Å². The molecule has 0 amide bonds. The number of nitrogens with two attached hydrogens (primary N) is 1. The van der Waals surface area contributed by atoms with Crippen LogP contribution in [0, 0.1) is 64.6 Å². The quantitative estimate of drug-likeness (QED) is 0.0643. The zero-order valence-corrected chi connectivity index (χ0v) is 57.4. The molecule has 23 atom stereocenters. The number of aliphatic hydroxyl groups is 4. The molecule has 89 heavy (non-hydrogen) atoms. The van der Waals surface area contributed by atoms with Crippen molar-refractivity contribution in [2.75, 3.05) is 20.3 Å². The minimum Gasteiger partial charge on any atom is -0.481 e. The number of aliphatic hydroxyl groups excluding tert-OH is 3. The molecule has 3 saturated carbocycles. The number of fused-ring (bicyclic) bond motifs is 1. The van der Waals surface area contributed by atoms with Crippen LogP contribution in [0.2, 0.25) is 5.02 Å². The van der Waals surface area contributed by atoms with Gasteiger partial charge < -0.3 is 64.8 Å². The molecule has 8 aliphatic rings. The molecule has 5 aliphatic heterocycles. The van der Waals surface area contributed by atoms with Crippen LogP contribution in [0.4, 0.5) is 0 Å². The normalized spacial score (nSPS) is 40.7. The van der Waals surface area contributed by atoms with Crippen LogP contribution >= 0.6 is 11.6 Å². The van der Waals surface area contributed by atoms with E-state index in [4.69, 9.17) is 50.9 Å². The van der Waals surface area contributed by atoms with E-state index in [2.05, 4.69) is 74.1 Å². The average Bonchev–Trinajstić information content (AvgIpc) is 1.62. The molecule has 3 aliphatic carbocycles. The second-order valence-electron chi connectivity index (χ2n) is 30.2. The fourth-order valence-electron chi connectivity index (χ4n) is 17.9. The highest BCUT2D eigenvalue weighted by Gasteiger charge is 2.62. The molecule has 8 N–H and O–H groups in total. The van der Waals surface area contributed by atoms with Crippen molar-refractivity contribution in [1.29, 1.82) is 0 Å². The molecule has 9 rings (SSSR count). The Kier molecular flexibility index (Phi) is 25.8. The number of ether oxygens (including phenoxy) is 6. The number of carboxylic acid groups (broad SMARTS) is 2. The van der Waals surface area contributed by atoms with Crippen LogP contribution in [-0.2, 0) is 38.0 Å². The number of hydrogen-bond acceptors (Lipinski definition) is 13. The Morgan fingerprint density at radius 3 is 2.22 bits per heavy atom. The average molecular weight is 1270 g/mol. The van der Waals surface area contributed by atoms with E-state index in [0.717, 1.165) is 80.6 Å². The first kappa shape index (κ1) is 73.6. The van der Waals surface area contributed by atoms with E-state index in [9.17, 15) is 35.1 Å². The standard InChI is InChI=1S/C36H62O11.C27H44O.C10H12ClNO2/c1-10-34(31-20(3)16-26(43-31)28-19(2)15-21(4)36(41,18-37)46-28)12-11-27(44-34)33(8)13-14-35(47-33)17-25(38)22(5)30(45-35)23(6)29(42-9)24(7)32(39)40;1-19(2)8-6-9-21(4)25-15-16-26-22(10-7-17-27(25,26)5)12-13-23-18-24(28)14-11-20(23)3;11-9-3-1-7(2-4-9)8(6-12)5-10(13)14/h19-31,37-38,41H,10-18H2,1-9H3,(H,39,40);12-13,19,21,24-26,28H,3,6-11,14-18H2,1-2,4-5H3;1-4,8H,5-6,12H2,(H,13,14)/b;22-12+,23-13-;/t19-,20-,21+,22+,23-,24-,25-,26+,27+,28-,29+,30-,31+,33-,34-,35+,36-;21-,24+,25-,26+,27-;/m01./s1. The summed E-state index contributed by atoms with van der Waals surface area (Å²) in [5.41, 5.74) is 9.98. The van der Waals surface area contributed by atoms with Crippen LogP contribution in [0.15, 0.2) is 59.7 Å². The zero-order chi connectivity index (χ0) is 65.6. The van der Waals surface area contributed by atoms with Crippen molar-refractivity contribution in [3.8, 4) is 0 Å². The van der Waals surface area contributed by atoms with Crippen LogP contribution in [0.25, 0.3) is 0 Å². The van der Waals surface area contributed by atoms with Gasteiger partial charge in [-0.2, -0.15) is 0 Å². The summed E-state index contributed by atoms with van der Waals surface area (Å²) in [6.45, 7) is 30.0. The summed E-state index contributed by atoms with van der Waals surface area (Å²) in [6.07, 6.45) is 21.3. The van der Waals surface area contributed by atoms with Crippen molar-refractivity contribution in [2.45, 2.75) is 289 Å². The van der Waals surface area contributed by atoms with Gasteiger partial charge in [0.15, 0.2) is 11.6 Å². The first-order chi connectivity index (χ1) is 41.9. The van der Waals surface area contributed by atoms with E-state index in [1.807, 2.05) is 32.9 Å². The van der Waals surface area contributed by atoms with Gasteiger partial charge in [0.05, 0.1) is 79.0 Å². The maximum absolute atomic E-state index is 11.8. The lowest BCUT2D eigenvalue weighted by molar-refractivity contribution is -0.336. The molecule has 1 unspecified atom stereocenters. The summed E-state index contributed by atoms with van der Waals surface area (Å²) < 4.78 is 39.4. The number of halogens is 1. The largest absolute Gasteiger partial charge is 0.481 e. The molecule has 0 aromatic heterocycles. The van der Waals surface area contributed by atoms with Gasteiger partial charge in [-0.1, -0.05) is 142 Å². The number of carboxylic acids is 2. The Hall–Kier alpha value is -2.77. The van der Waals surface area contributed by atoms with Crippen molar-refractivity contribution in [3.63, 3.8) is 0 Å². The Bertz CT molecular complexity index is 2540. The van der Waals surface area contributed by atoms with E-state index in [-0.39, 0.29) is 72.4 Å². The van der Waals surface area contributed by atoms with Crippen LogP contribution in [0.5, 0.6) is 0 Å². The van der Waals surface area contributed by atoms with E-state index in [0.29, 0.717) is 36.2 Å². The van der Waals surface area contributed by atoms with Crippen molar-refractivity contribution < 1.29 is 68.6 Å². The van der Waals surface area contributed by atoms with Crippen LogP contribution in [0.3, 0.4) is 0 Å². The number of carbonyl (C=O) groups is 2. The van der Waals surface area contributed by atoms with Gasteiger partial charge in [-0.25, -0.2) is 0 Å². The molecule has 16 heteroatoms. The molecule has 1 spiro atoms. The molecule has 0 radical (unpaired) electrons. The first-order valence-corrected chi connectivity index (χ1v) is 34.9. The summed E-state index contributed by atoms with van der Waals surface area (Å²) in [5.74, 6) is -2.13. The van der Waals surface area contributed by atoms with Gasteiger partial charge in [0, 0.05) is 48.6 Å². The maximum atomic E-state index is 11.8. The lowest BCUT2D eigenvalue weighted by atomic mass is 9.60. The van der Waals surface area contributed by atoms with Gasteiger partial charge in [-0.15, -0.1) is 0 Å². The van der Waals surface area contributed by atoms with Crippen molar-refractivity contribution in [3.05, 3.63) is 70.3 Å². The minimum atomic E-state index is -1.56. The number of allylic oxidation sites excluding steroid dienone is 4. The first-order valence-electron chi connectivity index (χ1n) is 34.5. The van der Waals surface area contributed by atoms with E-state index in [1.54, 1.807) is 24.6 Å². The lowest BCUT2D eigenvalue weighted by Gasteiger charge is -2.49. The Labute approximate surface area is 539 Å². The number of aliphatic carboxylic acids is 2. The molecular formula is C73H118ClNO14. The number of methoxy groups -OCH3 is 1. The van der Waals surface area contributed by atoms with Gasteiger partial charge in [-0.3, -0.25) is 9.59 Å². The van der Waals surface area contributed by atoms with Gasteiger partial charge in [0.1, 0.15) is 0 Å². The SMILES string of the molecule is C=C1CC[C@H](O)C/C1=C/C=C1\CCC[C@]2(C)[C@@H]([C@H](C)CCCC(C)C)CC[C@@H]12.CC[C@@]1([C@@H]2O[C@@H]([C@H]3O[C@@](O)(CO)[C@H](C)C[C@@H]3C)C[C@@H]2C)CC[C@H]([C@]2(C)CC[C@]3(C[C@H](O)[C@@H](C)[C@@H]([C@@H](C)[C@@H](OC)[C@H](C)C(=O)O)O3)O2)O1.NCC(CC(=O)O)c1ccc(Cl)cc1. The fraction of sp³-hybridized carbons (Fsp3) is 0.808.